The molecule has 1 heterocycles. The number of carbonyl (C=O) groups is 1. The van der Waals surface area contributed by atoms with E-state index in [0.717, 1.165) is 22.4 Å². The molecule has 1 atom stereocenters. The first kappa shape index (κ1) is 13.8. The normalized spacial score (nSPS) is 16.4. The lowest BCUT2D eigenvalue weighted by molar-refractivity contribution is -0.118. The van der Waals surface area contributed by atoms with Crippen LogP contribution in [0.15, 0.2) is 66.7 Å². The number of amides is 1. The Kier molecular flexibility index (Phi) is 3.46. The molecule has 1 N–H and O–H groups in total. The fraction of sp³-hybridized carbons (Fsp3) is 0.150. The maximum Gasteiger partial charge on any atom is 0.232 e. The number of benzene rings is 3. The molecule has 0 saturated carbocycles. The molecule has 1 aliphatic heterocycles. The Morgan fingerprint density at radius 1 is 0.957 bits per heavy atom. The minimum absolute atomic E-state index is 0.0241. The van der Waals surface area contributed by atoms with Crippen LogP contribution < -0.4 is 10.1 Å². The smallest absolute Gasteiger partial charge is 0.232 e. The van der Waals surface area contributed by atoms with E-state index in [1.807, 2.05) is 54.6 Å². The molecule has 3 nitrogen and oxygen atoms in total. The largest absolute Gasteiger partial charge is 0.493 e. The average molecular weight is 303 g/mol. The van der Waals surface area contributed by atoms with Crippen LogP contribution in [0.2, 0.25) is 0 Å². The molecule has 114 valence electrons. The van der Waals surface area contributed by atoms with Gasteiger partial charge in [0.15, 0.2) is 0 Å². The second kappa shape index (κ2) is 5.76. The Labute approximate surface area is 134 Å². The molecule has 1 aliphatic rings. The number of anilines is 1. The van der Waals surface area contributed by atoms with E-state index in [-0.39, 0.29) is 11.8 Å². The summed E-state index contributed by atoms with van der Waals surface area (Å²) in [5, 5.41) is 5.34. The number of para-hydroxylation sites is 1. The molecule has 0 spiro atoms. The highest BCUT2D eigenvalue weighted by Crippen LogP contribution is 2.34. The first-order valence-electron chi connectivity index (χ1n) is 7.83. The van der Waals surface area contributed by atoms with Gasteiger partial charge in [0, 0.05) is 11.3 Å². The number of rotatable bonds is 2. The molecular formula is C20H17NO2. The summed E-state index contributed by atoms with van der Waals surface area (Å²) >= 11 is 0. The van der Waals surface area contributed by atoms with E-state index in [2.05, 4.69) is 17.4 Å². The Balaban J connectivity index is 1.60. The van der Waals surface area contributed by atoms with Gasteiger partial charge in [-0.3, -0.25) is 4.79 Å². The van der Waals surface area contributed by atoms with Crippen molar-refractivity contribution in [1.29, 1.82) is 0 Å². The lowest BCUT2D eigenvalue weighted by atomic mass is 9.92. The van der Waals surface area contributed by atoms with Gasteiger partial charge in [-0.25, -0.2) is 0 Å². The van der Waals surface area contributed by atoms with Gasteiger partial charge >= 0.3 is 0 Å². The Bertz CT molecular complexity index is 872. The van der Waals surface area contributed by atoms with Crippen LogP contribution in [0.3, 0.4) is 0 Å². The quantitative estimate of drug-likeness (QED) is 0.764. The van der Waals surface area contributed by atoms with Gasteiger partial charge in [0.2, 0.25) is 5.91 Å². The molecule has 0 bridgehead atoms. The zero-order valence-electron chi connectivity index (χ0n) is 12.7. The average Bonchev–Trinajstić information content (AvgIpc) is 2.61. The third-order valence-electron chi connectivity index (χ3n) is 4.29. The highest BCUT2D eigenvalue weighted by molar-refractivity contribution is 5.98. The van der Waals surface area contributed by atoms with Crippen LogP contribution in [0.5, 0.6) is 5.75 Å². The molecule has 3 aromatic carbocycles. The summed E-state index contributed by atoms with van der Waals surface area (Å²) in [5.74, 6) is 0.680. The van der Waals surface area contributed by atoms with E-state index < -0.39 is 0 Å². The van der Waals surface area contributed by atoms with E-state index >= 15 is 0 Å². The first-order valence-corrected chi connectivity index (χ1v) is 7.83. The van der Waals surface area contributed by atoms with Crippen LogP contribution in [0, 0.1) is 0 Å². The summed E-state index contributed by atoms with van der Waals surface area (Å²) in [6.45, 7) is 0.576. The van der Waals surface area contributed by atoms with E-state index in [4.69, 9.17) is 4.74 Å². The summed E-state index contributed by atoms with van der Waals surface area (Å²) < 4.78 is 5.63. The number of hydrogen-bond donors (Lipinski definition) is 1. The van der Waals surface area contributed by atoms with Gasteiger partial charge in [0.05, 0.1) is 12.5 Å². The Hall–Kier alpha value is -2.81. The predicted molar refractivity (Wildman–Crippen MR) is 91.9 cm³/mol. The number of nitrogens with one attached hydrogen (secondary N) is 1. The van der Waals surface area contributed by atoms with Crippen molar-refractivity contribution in [1.82, 2.24) is 0 Å². The third-order valence-corrected chi connectivity index (χ3v) is 4.29. The molecule has 3 aromatic rings. The monoisotopic (exact) mass is 303 g/mol. The molecule has 4 rings (SSSR count). The van der Waals surface area contributed by atoms with Gasteiger partial charge in [0.1, 0.15) is 5.75 Å². The van der Waals surface area contributed by atoms with Crippen LogP contribution in [-0.2, 0) is 4.79 Å². The minimum Gasteiger partial charge on any atom is -0.493 e. The molecule has 0 aromatic heterocycles. The van der Waals surface area contributed by atoms with Crippen LogP contribution in [0.1, 0.15) is 17.9 Å². The van der Waals surface area contributed by atoms with Gasteiger partial charge in [-0.1, -0.05) is 48.5 Å². The molecule has 0 radical (unpaired) electrons. The molecule has 0 fully saturated rings. The summed E-state index contributed by atoms with van der Waals surface area (Å²) in [5.41, 5.74) is 1.80. The van der Waals surface area contributed by atoms with Crippen molar-refractivity contribution in [2.75, 3.05) is 11.9 Å². The van der Waals surface area contributed by atoms with Gasteiger partial charge in [-0.15, -0.1) is 0 Å². The Morgan fingerprint density at radius 2 is 1.74 bits per heavy atom. The van der Waals surface area contributed by atoms with E-state index in [1.165, 1.54) is 5.39 Å². The summed E-state index contributed by atoms with van der Waals surface area (Å²) in [6.07, 6.45) is 0.705. The van der Waals surface area contributed by atoms with Gasteiger partial charge < -0.3 is 10.1 Å². The maximum absolute atomic E-state index is 12.7. The molecule has 23 heavy (non-hydrogen) atoms. The molecule has 0 saturated heterocycles. The third kappa shape index (κ3) is 2.66. The summed E-state index contributed by atoms with van der Waals surface area (Å²) in [7, 11) is 0. The number of hydrogen-bond acceptors (Lipinski definition) is 2. The minimum atomic E-state index is -0.161. The van der Waals surface area contributed by atoms with Crippen molar-refractivity contribution >= 4 is 22.4 Å². The number of carbonyl (C=O) groups excluding carboxylic acids is 1. The highest BCUT2D eigenvalue weighted by atomic mass is 16.5. The maximum atomic E-state index is 12.7. The van der Waals surface area contributed by atoms with E-state index in [1.54, 1.807) is 0 Å². The molecule has 1 unspecified atom stereocenters. The van der Waals surface area contributed by atoms with Crippen molar-refractivity contribution in [3.63, 3.8) is 0 Å². The van der Waals surface area contributed by atoms with Gasteiger partial charge in [-0.05, 0) is 35.4 Å². The molecule has 1 amide bonds. The molecule has 0 aliphatic carbocycles. The highest BCUT2D eigenvalue weighted by Gasteiger charge is 2.27. The predicted octanol–water partition coefficient (Wildman–Crippen LogP) is 4.34. The van der Waals surface area contributed by atoms with Crippen LogP contribution >= 0.6 is 0 Å². The summed E-state index contributed by atoms with van der Waals surface area (Å²) in [4.78, 5) is 12.7. The van der Waals surface area contributed by atoms with Crippen LogP contribution in [0.25, 0.3) is 10.8 Å². The second-order valence-electron chi connectivity index (χ2n) is 5.78. The van der Waals surface area contributed by atoms with Crippen LogP contribution in [0.4, 0.5) is 5.69 Å². The van der Waals surface area contributed by atoms with Crippen molar-refractivity contribution in [3.05, 3.63) is 72.3 Å². The summed E-state index contributed by atoms with van der Waals surface area (Å²) in [6, 6.07) is 21.9. The molecular weight excluding hydrogens is 286 g/mol. The van der Waals surface area contributed by atoms with Crippen molar-refractivity contribution in [3.8, 4) is 5.75 Å². The topological polar surface area (TPSA) is 38.3 Å². The standard InChI is InChI=1S/C20H17NO2/c22-20(18-11-12-23-19-8-4-3-7-17(18)19)21-16-10-9-14-5-1-2-6-15(14)13-16/h1-10,13,18H,11-12H2,(H,21,22). The molecule has 3 heteroatoms. The zero-order chi connectivity index (χ0) is 15.6. The fourth-order valence-electron chi connectivity index (χ4n) is 3.11. The fourth-order valence-corrected chi connectivity index (χ4v) is 3.11. The second-order valence-corrected chi connectivity index (χ2v) is 5.78. The van der Waals surface area contributed by atoms with Gasteiger partial charge in [-0.2, -0.15) is 0 Å². The van der Waals surface area contributed by atoms with Crippen molar-refractivity contribution in [2.24, 2.45) is 0 Å². The van der Waals surface area contributed by atoms with Crippen LogP contribution in [-0.4, -0.2) is 12.5 Å². The zero-order valence-corrected chi connectivity index (χ0v) is 12.7. The number of ether oxygens (including phenoxy) is 1. The van der Waals surface area contributed by atoms with Gasteiger partial charge in [0.25, 0.3) is 0 Å². The number of fused-ring (bicyclic) bond motifs is 2. The SMILES string of the molecule is O=C(Nc1ccc2ccccc2c1)C1CCOc2ccccc21. The lowest BCUT2D eigenvalue weighted by Gasteiger charge is -2.25. The lowest BCUT2D eigenvalue weighted by Crippen LogP contribution is -2.26. The van der Waals surface area contributed by atoms with Crippen molar-refractivity contribution < 1.29 is 9.53 Å². The first-order chi connectivity index (χ1) is 11.3. The van der Waals surface area contributed by atoms with E-state index in [0.29, 0.717) is 13.0 Å². The van der Waals surface area contributed by atoms with Crippen molar-refractivity contribution in [2.45, 2.75) is 12.3 Å². The van der Waals surface area contributed by atoms with E-state index in [9.17, 15) is 4.79 Å². The Morgan fingerprint density at radius 3 is 2.65 bits per heavy atom.